The maximum Gasteiger partial charge on any atom is 0.420 e. The Morgan fingerprint density at radius 1 is 1.04 bits per heavy atom. The zero-order valence-corrected chi connectivity index (χ0v) is 26.5. The van der Waals surface area contributed by atoms with Gasteiger partial charge in [0.1, 0.15) is 11.9 Å². The second-order valence-electron chi connectivity index (χ2n) is 12.6. The van der Waals surface area contributed by atoms with Crippen LogP contribution in [-0.2, 0) is 24.2 Å². The Balaban J connectivity index is 1.32. The van der Waals surface area contributed by atoms with E-state index in [9.17, 15) is 14.0 Å². The quantitative estimate of drug-likeness (QED) is 0.218. The highest BCUT2D eigenvalue weighted by Crippen LogP contribution is 2.41. The minimum Gasteiger partial charge on any atom is -0.421 e. The summed E-state index contributed by atoms with van der Waals surface area (Å²) in [4.78, 5) is 32.5. The second-order valence-corrected chi connectivity index (χ2v) is 12.6. The molecule has 13 heteroatoms. The number of halogens is 1. The van der Waals surface area contributed by atoms with Gasteiger partial charge in [0.25, 0.3) is 5.56 Å². The van der Waals surface area contributed by atoms with Crippen molar-refractivity contribution in [1.82, 2.24) is 29.1 Å². The van der Waals surface area contributed by atoms with Crippen LogP contribution in [0.2, 0.25) is 0 Å². The lowest BCUT2D eigenvalue weighted by atomic mass is 9.90. The third kappa shape index (κ3) is 4.86. The van der Waals surface area contributed by atoms with E-state index in [0.29, 0.717) is 75.7 Å². The van der Waals surface area contributed by atoms with Crippen molar-refractivity contribution in [1.29, 1.82) is 5.26 Å². The number of nitriles is 1. The van der Waals surface area contributed by atoms with E-state index in [1.807, 2.05) is 16.8 Å². The largest absolute Gasteiger partial charge is 0.421 e. The third-order valence-electron chi connectivity index (χ3n) is 9.73. The van der Waals surface area contributed by atoms with Gasteiger partial charge in [-0.15, -0.1) is 10.2 Å². The first-order valence-electron chi connectivity index (χ1n) is 16.2. The van der Waals surface area contributed by atoms with Gasteiger partial charge in [0.15, 0.2) is 11.2 Å². The molecule has 6 heterocycles. The van der Waals surface area contributed by atoms with Crippen molar-refractivity contribution in [2.75, 3.05) is 13.2 Å². The van der Waals surface area contributed by atoms with Crippen molar-refractivity contribution < 1.29 is 18.0 Å². The van der Waals surface area contributed by atoms with Gasteiger partial charge in [0.2, 0.25) is 11.8 Å². The van der Waals surface area contributed by atoms with Gasteiger partial charge in [-0.2, -0.15) is 5.26 Å². The van der Waals surface area contributed by atoms with Crippen LogP contribution in [-0.4, -0.2) is 42.3 Å². The maximum absolute atomic E-state index is 14.5. The molecule has 0 spiro atoms. The minimum absolute atomic E-state index is 0.0735. The number of aromatic nitrogens is 6. The Morgan fingerprint density at radius 2 is 1.85 bits per heavy atom. The highest BCUT2D eigenvalue weighted by Gasteiger charge is 2.30. The van der Waals surface area contributed by atoms with Crippen LogP contribution in [0.25, 0.3) is 44.7 Å². The molecule has 1 saturated heterocycles. The molecular weight excluding hydrogens is 617 g/mol. The average molecular weight is 650 g/mol. The standard InChI is InChI=1S/C35H32FN7O5/c1-19(22-5-6-24(18-37)25(36)16-22)43-27-9-7-23(17-28(27)48-35(43)45)29-30(33-40-39-20(2)47-33)26(8-4-21-10-14-46-15-11-21)38-32-31(29)34(44)42-13-3-12-41(32)42/h5-7,9,16-17,19,21H,3-4,8,10-15H2,1-2H3/t19-/m1/s1. The summed E-state index contributed by atoms with van der Waals surface area (Å²) in [5.74, 6) is -0.142. The molecule has 6 aromatic rings. The van der Waals surface area contributed by atoms with Crippen molar-refractivity contribution in [2.45, 2.75) is 65.1 Å². The predicted molar refractivity (Wildman–Crippen MR) is 173 cm³/mol. The van der Waals surface area contributed by atoms with Crippen LogP contribution in [0.3, 0.4) is 0 Å². The van der Waals surface area contributed by atoms with E-state index < -0.39 is 17.6 Å². The van der Waals surface area contributed by atoms with Gasteiger partial charge >= 0.3 is 5.76 Å². The zero-order valence-electron chi connectivity index (χ0n) is 26.5. The van der Waals surface area contributed by atoms with Crippen LogP contribution >= 0.6 is 0 Å². The molecule has 244 valence electrons. The number of fused-ring (bicyclic) bond motifs is 4. The van der Waals surface area contributed by atoms with Crippen molar-refractivity contribution in [3.63, 3.8) is 0 Å². The van der Waals surface area contributed by atoms with Crippen LogP contribution in [0.15, 0.2) is 54.8 Å². The molecule has 12 nitrogen and oxygen atoms in total. The van der Waals surface area contributed by atoms with Crippen molar-refractivity contribution in [3.8, 4) is 28.7 Å². The Morgan fingerprint density at radius 3 is 2.60 bits per heavy atom. The number of rotatable bonds is 7. The predicted octanol–water partition coefficient (Wildman–Crippen LogP) is 5.51. The fourth-order valence-electron chi connectivity index (χ4n) is 7.25. The Kier molecular flexibility index (Phi) is 7.32. The first-order valence-corrected chi connectivity index (χ1v) is 16.2. The van der Waals surface area contributed by atoms with E-state index in [4.69, 9.17) is 23.8 Å². The number of benzene rings is 2. The van der Waals surface area contributed by atoms with Crippen LogP contribution < -0.4 is 11.3 Å². The first-order chi connectivity index (χ1) is 23.3. The number of oxazole rings is 1. The lowest BCUT2D eigenvalue weighted by Gasteiger charge is -2.22. The maximum atomic E-state index is 14.5. The van der Waals surface area contributed by atoms with Gasteiger partial charge in [0.05, 0.1) is 33.8 Å². The molecule has 1 fully saturated rings. The molecule has 0 bridgehead atoms. The molecule has 0 N–H and O–H groups in total. The SMILES string of the molecule is Cc1nnc(-c2c(CCC3CCOCC3)nc3c(c2-c2ccc4c(c2)oc(=O)n4[C@H](C)c2ccc(C#N)c(F)c2)c(=O)n2n3CCC2)o1. The minimum atomic E-state index is -0.658. The Labute approximate surface area is 273 Å². The third-order valence-corrected chi connectivity index (χ3v) is 9.73. The lowest BCUT2D eigenvalue weighted by molar-refractivity contribution is 0.0639. The molecule has 4 aromatic heterocycles. The van der Waals surface area contributed by atoms with E-state index >= 15 is 0 Å². The summed E-state index contributed by atoms with van der Waals surface area (Å²) in [6.45, 7) is 6.23. The zero-order chi connectivity index (χ0) is 33.1. The van der Waals surface area contributed by atoms with Crippen LogP contribution in [0, 0.1) is 30.0 Å². The molecule has 0 unspecified atom stereocenters. The topological polar surface area (TPSA) is 147 Å². The Hall–Kier alpha value is -5.35. The van der Waals surface area contributed by atoms with E-state index in [1.54, 1.807) is 36.7 Å². The molecule has 48 heavy (non-hydrogen) atoms. The number of ether oxygens (including phenoxy) is 1. The molecule has 8 rings (SSSR count). The fraction of sp³-hybridized carbons (Fsp3) is 0.371. The molecule has 0 saturated carbocycles. The summed E-state index contributed by atoms with van der Waals surface area (Å²) >= 11 is 0. The summed E-state index contributed by atoms with van der Waals surface area (Å²) < 4.78 is 37.0. The first kappa shape index (κ1) is 30.0. The van der Waals surface area contributed by atoms with Gasteiger partial charge in [-0.3, -0.25) is 14.0 Å². The highest BCUT2D eigenvalue weighted by molar-refractivity contribution is 6.02. The normalized spacial score (nSPS) is 15.7. The molecule has 2 aliphatic rings. The van der Waals surface area contributed by atoms with Crippen molar-refractivity contribution >= 4 is 22.1 Å². The van der Waals surface area contributed by atoms with Gasteiger partial charge in [-0.1, -0.05) is 12.1 Å². The van der Waals surface area contributed by atoms with Gasteiger partial charge in [-0.25, -0.2) is 18.9 Å². The molecule has 2 aromatic carbocycles. The molecule has 2 aliphatic heterocycles. The molecule has 0 aliphatic carbocycles. The van der Waals surface area contributed by atoms with Gasteiger partial charge in [-0.05, 0) is 80.3 Å². The average Bonchev–Trinajstić information content (AvgIpc) is 3.88. The van der Waals surface area contributed by atoms with Gasteiger partial charge < -0.3 is 13.6 Å². The Bertz CT molecular complexity index is 2380. The van der Waals surface area contributed by atoms with E-state index in [0.717, 1.165) is 44.6 Å². The number of aryl methyl sites for hydroxylation is 3. The summed E-state index contributed by atoms with van der Waals surface area (Å²) in [5, 5.41) is 18.1. The van der Waals surface area contributed by atoms with Crippen molar-refractivity contribution in [2.24, 2.45) is 5.92 Å². The summed E-state index contributed by atoms with van der Waals surface area (Å²) in [6, 6.07) is 10.9. The lowest BCUT2D eigenvalue weighted by Crippen LogP contribution is -2.19. The molecule has 0 radical (unpaired) electrons. The molecule has 1 atom stereocenters. The number of hydrogen-bond acceptors (Lipinski definition) is 9. The van der Waals surface area contributed by atoms with Crippen LogP contribution in [0.5, 0.6) is 0 Å². The number of hydrogen-bond donors (Lipinski definition) is 0. The van der Waals surface area contributed by atoms with Crippen LogP contribution in [0.1, 0.15) is 61.4 Å². The monoisotopic (exact) mass is 649 g/mol. The van der Waals surface area contributed by atoms with Crippen LogP contribution in [0.4, 0.5) is 4.39 Å². The summed E-state index contributed by atoms with van der Waals surface area (Å²) in [6.07, 6.45) is 4.32. The molecular formula is C35H32FN7O5. The van der Waals surface area contributed by atoms with E-state index in [1.165, 1.54) is 16.7 Å². The fourth-order valence-corrected chi connectivity index (χ4v) is 7.25. The van der Waals surface area contributed by atoms with E-state index in [-0.39, 0.29) is 17.0 Å². The second kappa shape index (κ2) is 11.7. The highest BCUT2D eigenvalue weighted by atomic mass is 19.1. The summed E-state index contributed by atoms with van der Waals surface area (Å²) in [5.41, 5.74) is 4.27. The molecule has 0 amide bonds. The number of nitrogens with zero attached hydrogens (tertiary/aromatic N) is 7. The smallest absolute Gasteiger partial charge is 0.420 e. The van der Waals surface area contributed by atoms with Crippen molar-refractivity contribution in [3.05, 3.63) is 85.8 Å². The summed E-state index contributed by atoms with van der Waals surface area (Å²) in [7, 11) is 0. The van der Waals surface area contributed by atoms with Gasteiger partial charge in [0, 0.05) is 38.8 Å². The number of pyridine rings is 1. The van der Waals surface area contributed by atoms with E-state index in [2.05, 4.69) is 10.2 Å².